The molecule has 13 heavy (non-hydrogen) atoms. The molecule has 0 heterocycles. The fourth-order valence-electron chi connectivity index (χ4n) is 1.34. The molecule has 0 saturated heterocycles. The van der Waals surface area contributed by atoms with Gasteiger partial charge in [0.05, 0.1) is 0 Å². The van der Waals surface area contributed by atoms with Crippen LogP contribution in [0.3, 0.4) is 0 Å². The van der Waals surface area contributed by atoms with E-state index in [0.717, 1.165) is 18.9 Å². The Kier molecular flexibility index (Phi) is 6.06. The van der Waals surface area contributed by atoms with E-state index in [2.05, 4.69) is 46.2 Å². The second kappa shape index (κ2) is 6.20. The summed E-state index contributed by atoms with van der Waals surface area (Å²) in [5.41, 5.74) is 1.37. The minimum atomic E-state index is 0.632. The normalized spacial score (nSPS) is 11.7. The minimum absolute atomic E-state index is 0.632. The highest BCUT2D eigenvalue weighted by atomic mass is 15.1. The number of hydrogen-bond donors (Lipinski definition) is 0. The first kappa shape index (κ1) is 12.7. The van der Waals surface area contributed by atoms with Crippen molar-refractivity contribution >= 4 is 0 Å². The largest absolute Gasteiger partial charge is 0.306 e. The Hall–Kier alpha value is -0.300. The van der Waals surface area contributed by atoms with Crippen LogP contribution in [0, 0.1) is 11.8 Å². The summed E-state index contributed by atoms with van der Waals surface area (Å²) in [6, 6.07) is 0. The molecule has 0 spiro atoms. The monoisotopic (exact) mass is 183 g/mol. The fourth-order valence-corrected chi connectivity index (χ4v) is 1.34. The summed E-state index contributed by atoms with van der Waals surface area (Å²) in [5.74, 6) is 1.39. The van der Waals surface area contributed by atoms with Gasteiger partial charge in [0.25, 0.3) is 0 Å². The molecule has 0 amide bonds. The Bertz CT molecular complexity index is 147. The van der Waals surface area contributed by atoms with Crippen LogP contribution >= 0.6 is 0 Å². The second-order valence-corrected chi connectivity index (χ2v) is 4.72. The van der Waals surface area contributed by atoms with E-state index in [9.17, 15) is 0 Å². The van der Waals surface area contributed by atoms with Crippen LogP contribution < -0.4 is 0 Å². The standard InChI is InChI=1S/C12H25N/c1-10(2)9-13(6)8-7-12(5)11(3)4/h10-11H,5,7-9H2,1-4,6H3. The molecule has 0 atom stereocenters. The lowest BCUT2D eigenvalue weighted by Crippen LogP contribution is -2.24. The molecule has 0 unspecified atom stereocenters. The zero-order chi connectivity index (χ0) is 10.4. The smallest absolute Gasteiger partial charge is 0.00156 e. The summed E-state index contributed by atoms with van der Waals surface area (Å²) in [5, 5.41) is 0. The first-order valence-electron chi connectivity index (χ1n) is 5.29. The van der Waals surface area contributed by atoms with Gasteiger partial charge in [0.1, 0.15) is 0 Å². The van der Waals surface area contributed by atoms with E-state index in [0.29, 0.717) is 5.92 Å². The van der Waals surface area contributed by atoms with Gasteiger partial charge in [-0.1, -0.05) is 39.8 Å². The SMILES string of the molecule is C=C(CCN(C)CC(C)C)C(C)C. The molecule has 0 radical (unpaired) electrons. The van der Waals surface area contributed by atoms with Gasteiger partial charge in [0.2, 0.25) is 0 Å². The van der Waals surface area contributed by atoms with E-state index < -0.39 is 0 Å². The average Bonchev–Trinajstić information content (AvgIpc) is 1.98. The van der Waals surface area contributed by atoms with Gasteiger partial charge in [-0.05, 0) is 25.3 Å². The van der Waals surface area contributed by atoms with Crippen LogP contribution in [-0.2, 0) is 0 Å². The molecule has 0 bridgehead atoms. The highest BCUT2D eigenvalue weighted by Gasteiger charge is 2.04. The predicted octanol–water partition coefficient (Wildman–Crippen LogP) is 3.18. The maximum absolute atomic E-state index is 4.08. The number of nitrogens with zero attached hydrogens (tertiary/aromatic N) is 1. The van der Waals surface area contributed by atoms with Gasteiger partial charge in [0, 0.05) is 13.1 Å². The van der Waals surface area contributed by atoms with E-state index in [1.54, 1.807) is 0 Å². The van der Waals surface area contributed by atoms with Crippen molar-refractivity contribution < 1.29 is 0 Å². The maximum atomic E-state index is 4.08. The van der Waals surface area contributed by atoms with Crippen molar-refractivity contribution in [1.29, 1.82) is 0 Å². The lowest BCUT2D eigenvalue weighted by atomic mass is 10.0. The number of hydrogen-bond acceptors (Lipinski definition) is 1. The molecule has 0 aliphatic rings. The third-order valence-electron chi connectivity index (χ3n) is 2.31. The molecule has 1 nitrogen and oxygen atoms in total. The predicted molar refractivity (Wildman–Crippen MR) is 60.9 cm³/mol. The third-order valence-corrected chi connectivity index (χ3v) is 2.31. The molecule has 0 aromatic carbocycles. The Morgan fingerprint density at radius 1 is 1.23 bits per heavy atom. The van der Waals surface area contributed by atoms with Crippen LogP contribution in [0.1, 0.15) is 34.1 Å². The Morgan fingerprint density at radius 3 is 2.15 bits per heavy atom. The average molecular weight is 183 g/mol. The van der Waals surface area contributed by atoms with Gasteiger partial charge in [-0.25, -0.2) is 0 Å². The molecule has 0 aromatic heterocycles. The molecule has 0 fully saturated rings. The van der Waals surface area contributed by atoms with Crippen molar-refractivity contribution in [3.8, 4) is 0 Å². The second-order valence-electron chi connectivity index (χ2n) is 4.72. The summed E-state index contributed by atoms with van der Waals surface area (Å²) in [7, 11) is 2.19. The van der Waals surface area contributed by atoms with Crippen LogP contribution in [0.2, 0.25) is 0 Å². The Labute approximate surface area is 83.8 Å². The topological polar surface area (TPSA) is 3.24 Å². The van der Waals surface area contributed by atoms with Crippen LogP contribution in [0.4, 0.5) is 0 Å². The Morgan fingerprint density at radius 2 is 1.77 bits per heavy atom. The van der Waals surface area contributed by atoms with Gasteiger partial charge in [0.15, 0.2) is 0 Å². The lowest BCUT2D eigenvalue weighted by Gasteiger charge is -2.20. The lowest BCUT2D eigenvalue weighted by molar-refractivity contribution is 0.296. The van der Waals surface area contributed by atoms with E-state index in [1.807, 2.05) is 0 Å². The fraction of sp³-hybridized carbons (Fsp3) is 0.833. The first-order valence-corrected chi connectivity index (χ1v) is 5.29. The first-order chi connectivity index (χ1) is 5.93. The molecule has 0 rings (SSSR count). The third kappa shape index (κ3) is 6.83. The van der Waals surface area contributed by atoms with Crippen molar-refractivity contribution in [1.82, 2.24) is 4.90 Å². The molecule has 0 saturated carbocycles. The van der Waals surface area contributed by atoms with E-state index in [4.69, 9.17) is 0 Å². The van der Waals surface area contributed by atoms with Crippen LogP contribution in [0.25, 0.3) is 0 Å². The van der Waals surface area contributed by atoms with Gasteiger partial charge >= 0.3 is 0 Å². The van der Waals surface area contributed by atoms with E-state index >= 15 is 0 Å². The summed E-state index contributed by atoms with van der Waals surface area (Å²) >= 11 is 0. The molecule has 1 heteroatoms. The molecular formula is C12H25N. The van der Waals surface area contributed by atoms with Crippen LogP contribution in [-0.4, -0.2) is 25.0 Å². The quantitative estimate of drug-likeness (QED) is 0.572. The van der Waals surface area contributed by atoms with E-state index in [-0.39, 0.29) is 0 Å². The van der Waals surface area contributed by atoms with Crippen molar-refractivity contribution in [2.45, 2.75) is 34.1 Å². The number of rotatable bonds is 6. The summed E-state index contributed by atoms with van der Waals surface area (Å²) in [6.07, 6.45) is 1.14. The maximum Gasteiger partial charge on any atom is 0.00156 e. The Balaban J connectivity index is 3.58. The molecule has 0 aliphatic carbocycles. The molecular weight excluding hydrogens is 158 g/mol. The van der Waals surface area contributed by atoms with Gasteiger partial charge in [-0.2, -0.15) is 0 Å². The zero-order valence-electron chi connectivity index (χ0n) is 9.93. The molecule has 0 aromatic rings. The van der Waals surface area contributed by atoms with Crippen LogP contribution in [0.15, 0.2) is 12.2 Å². The summed E-state index contributed by atoms with van der Waals surface area (Å²) < 4.78 is 0. The van der Waals surface area contributed by atoms with Crippen molar-refractivity contribution in [3.05, 3.63) is 12.2 Å². The molecule has 0 N–H and O–H groups in total. The summed E-state index contributed by atoms with van der Waals surface area (Å²) in [6.45, 7) is 15.4. The van der Waals surface area contributed by atoms with E-state index in [1.165, 1.54) is 12.1 Å². The molecule has 78 valence electrons. The highest BCUT2D eigenvalue weighted by Crippen LogP contribution is 2.11. The van der Waals surface area contributed by atoms with Crippen LogP contribution in [0.5, 0.6) is 0 Å². The zero-order valence-corrected chi connectivity index (χ0v) is 9.93. The minimum Gasteiger partial charge on any atom is -0.306 e. The van der Waals surface area contributed by atoms with Gasteiger partial charge in [-0.15, -0.1) is 0 Å². The van der Waals surface area contributed by atoms with Gasteiger partial charge < -0.3 is 4.90 Å². The van der Waals surface area contributed by atoms with Crippen molar-refractivity contribution in [2.75, 3.05) is 20.1 Å². The summed E-state index contributed by atoms with van der Waals surface area (Å²) in [4.78, 5) is 2.39. The highest BCUT2D eigenvalue weighted by molar-refractivity contribution is 4.97. The van der Waals surface area contributed by atoms with Crippen molar-refractivity contribution in [3.63, 3.8) is 0 Å². The van der Waals surface area contributed by atoms with Gasteiger partial charge in [-0.3, -0.25) is 0 Å². The molecule has 0 aliphatic heterocycles. The van der Waals surface area contributed by atoms with Crippen molar-refractivity contribution in [2.24, 2.45) is 11.8 Å².